The van der Waals surface area contributed by atoms with E-state index in [0.29, 0.717) is 0 Å². The summed E-state index contributed by atoms with van der Waals surface area (Å²) in [6.45, 7) is 3.17. The van der Waals surface area contributed by atoms with Gasteiger partial charge in [-0.2, -0.15) is 0 Å². The molecule has 1 heterocycles. The molecule has 0 radical (unpaired) electrons. The number of hydrogen-bond acceptors (Lipinski definition) is 3. The number of rotatable bonds is 7. The minimum Gasteiger partial charge on any atom is -0.381 e. The van der Waals surface area contributed by atoms with E-state index in [-0.39, 0.29) is 6.29 Å². The molecule has 0 amide bonds. The molecule has 0 atom stereocenters. The van der Waals surface area contributed by atoms with Crippen LogP contribution in [0, 0.1) is 0 Å². The van der Waals surface area contributed by atoms with Crippen molar-refractivity contribution < 1.29 is 14.2 Å². The van der Waals surface area contributed by atoms with E-state index in [2.05, 4.69) is 24.3 Å². The summed E-state index contributed by atoms with van der Waals surface area (Å²) in [5.41, 5.74) is 1.38. The van der Waals surface area contributed by atoms with Crippen LogP contribution < -0.4 is 0 Å². The number of aryl methyl sites for hydroxylation is 1. The third-order valence-corrected chi connectivity index (χ3v) is 2.99. The van der Waals surface area contributed by atoms with Crippen LogP contribution in [0.3, 0.4) is 0 Å². The average Bonchev–Trinajstić information content (AvgIpc) is 2.45. The van der Waals surface area contributed by atoms with Crippen molar-refractivity contribution in [3.8, 4) is 0 Å². The summed E-state index contributed by atoms with van der Waals surface area (Å²) >= 11 is 0. The minimum absolute atomic E-state index is 0.0483. The molecule has 100 valence electrons. The van der Waals surface area contributed by atoms with Crippen molar-refractivity contribution in [3.05, 3.63) is 35.9 Å². The Morgan fingerprint density at radius 1 is 1.06 bits per heavy atom. The highest BCUT2D eigenvalue weighted by atomic mass is 16.7. The molecule has 3 nitrogen and oxygen atoms in total. The molecule has 18 heavy (non-hydrogen) atoms. The third-order valence-electron chi connectivity index (χ3n) is 2.99. The second-order valence-corrected chi connectivity index (χ2v) is 4.51. The quantitative estimate of drug-likeness (QED) is 0.696. The number of hydrogen-bond donors (Lipinski definition) is 0. The van der Waals surface area contributed by atoms with Crippen LogP contribution in [0.25, 0.3) is 0 Å². The highest BCUT2D eigenvalue weighted by Crippen LogP contribution is 2.08. The Kier molecular flexibility index (Phi) is 6.20. The van der Waals surface area contributed by atoms with E-state index in [0.717, 1.165) is 52.1 Å². The molecule has 1 aliphatic rings. The van der Waals surface area contributed by atoms with Gasteiger partial charge in [-0.1, -0.05) is 30.3 Å². The zero-order valence-electron chi connectivity index (χ0n) is 10.8. The second kappa shape index (κ2) is 8.25. The summed E-state index contributed by atoms with van der Waals surface area (Å²) in [4.78, 5) is 0. The van der Waals surface area contributed by atoms with Crippen molar-refractivity contribution in [2.45, 2.75) is 32.0 Å². The normalized spacial score (nSPS) is 16.9. The molecule has 2 rings (SSSR count). The summed E-state index contributed by atoms with van der Waals surface area (Å²) in [6.07, 6.45) is 3.95. The summed E-state index contributed by atoms with van der Waals surface area (Å²) in [7, 11) is 0. The van der Waals surface area contributed by atoms with E-state index in [4.69, 9.17) is 14.2 Å². The predicted octanol–water partition coefficient (Wildman–Crippen LogP) is 2.79. The molecule has 1 aromatic rings. The molecular formula is C15H22O3. The average molecular weight is 250 g/mol. The molecule has 0 bridgehead atoms. The molecule has 0 aliphatic carbocycles. The van der Waals surface area contributed by atoms with Crippen molar-refractivity contribution in [2.24, 2.45) is 0 Å². The van der Waals surface area contributed by atoms with E-state index in [1.165, 1.54) is 5.56 Å². The van der Waals surface area contributed by atoms with Gasteiger partial charge < -0.3 is 14.2 Å². The Morgan fingerprint density at radius 3 is 2.61 bits per heavy atom. The van der Waals surface area contributed by atoms with Gasteiger partial charge in [0.25, 0.3) is 0 Å². The lowest BCUT2D eigenvalue weighted by Gasteiger charge is -2.22. The van der Waals surface area contributed by atoms with Gasteiger partial charge in [-0.05, 0) is 24.8 Å². The molecule has 0 saturated carbocycles. The molecule has 0 spiro atoms. The van der Waals surface area contributed by atoms with Gasteiger partial charge in [-0.15, -0.1) is 0 Å². The highest BCUT2D eigenvalue weighted by molar-refractivity contribution is 5.14. The molecular weight excluding hydrogens is 228 g/mol. The number of benzene rings is 1. The van der Waals surface area contributed by atoms with Gasteiger partial charge >= 0.3 is 0 Å². The molecule has 1 fully saturated rings. The summed E-state index contributed by atoms with van der Waals surface area (Å²) in [5.74, 6) is 0. The first-order chi connectivity index (χ1) is 8.95. The van der Waals surface area contributed by atoms with Gasteiger partial charge in [0.2, 0.25) is 0 Å². The molecule has 1 aromatic carbocycles. The lowest BCUT2D eigenvalue weighted by Crippen LogP contribution is -2.26. The standard InChI is InChI=1S/C15H22O3/c1-2-6-14(7-3-1)8-4-10-16-13-9-15-17-11-5-12-18-15/h1-3,6-7,15H,4-5,8-13H2. The van der Waals surface area contributed by atoms with Crippen molar-refractivity contribution in [1.82, 2.24) is 0 Å². The van der Waals surface area contributed by atoms with E-state index < -0.39 is 0 Å². The lowest BCUT2D eigenvalue weighted by atomic mass is 10.1. The molecule has 0 aromatic heterocycles. The zero-order chi connectivity index (χ0) is 12.5. The van der Waals surface area contributed by atoms with Crippen LogP contribution in [-0.4, -0.2) is 32.7 Å². The first-order valence-electron chi connectivity index (χ1n) is 6.80. The largest absolute Gasteiger partial charge is 0.381 e. The van der Waals surface area contributed by atoms with E-state index in [1.807, 2.05) is 6.07 Å². The maximum absolute atomic E-state index is 5.60. The molecule has 1 aliphatic heterocycles. The van der Waals surface area contributed by atoms with Crippen molar-refractivity contribution in [1.29, 1.82) is 0 Å². The Hall–Kier alpha value is -0.900. The van der Waals surface area contributed by atoms with Crippen molar-refractivity contribution >= 4 is 0 Å². The molecule has 0 N–H and O–H groups in total. The first-order valence-corrected chi connectivity index (χ1v) is 6.80. The third kappa shape index (κ3) is 5.17. The van der Waals surface area contributed by atoms with Crippen molar-refractivity contribution in [3.63, 3.8) is 0 Å². The molecule has 3 heteroatoms. The SMILES string of the molecule is c1ccc(CCCOCCC2OCCCO2)cc1. The van der Waals surface area contributed by atoms with E-state index >= 15 is 0 Å². The molecule has 1 saturated heterocycles. The maximum Gasteiger partial charge on any atom is 0.159 e. The van der Waals surface area contributed by atoms with Crippen LogP contribution >= 0.6 is 0 Å². The highest BCUT2D eigenvalue weighted by Gasteiger charge is 2.13. The van der Waals surface area contributed by atoms with Crippen LogP contribution in [-0.2, 0) is 20.6 Å². The Morgan fingerprint density at radius 2 is 1.83 bits per heavy atom. The van der Waals surface area contributed by atoms with Gasteiger partial charge in [-0.3, -0.25) is 0 Å². The van der Waals surface area contributed by atoms with Crippen LogP contribution in [0.15, 0.2) is 30.3 Å². The Bertz CT molecular complexity index is 307. The smallest absolute Gasteiger partial charge is 0.159 e. The van der Waals surface area contributed by atoms with Crippen LogP contribution in [0.4, 0.5) is 0 Å². The van der Waals surface area contributed by atoms with E-state index in [1.54, 1.807) is 0 Å². The zero-order valence-corrected chi connectivity index (χ0v) is 10.8. The second-order valence-electron chi connectivity index (χ2n) is 4.51. The van der Waals surface area contributed by atoms with E-state index in [9.17, 15) is 0 Å². The fraction of sp³-hybridized carbons (Fsp3) is 0.600. The van der Waals surface area contributed by atoms with Crippen LogP contribution in [0.1, 0.15) is 24.8 Å². The fourth-order valence-electron chi connectivity index (χ4n) is 2.01. The van der Waals surface area contributed by atoms with Gasteiger partial charge in [0.05, 0.1) is 19.8 Å². The van der Waals surface area contributed by atoms with Gasteiger partial charge in [0, 0.05) is 13.0 Å². The monoisotopic (exact) mass is 250 g/mol. The van der Waals surface area contributed by atoms with Crippen LogP contribution in [0.2, 0.25) is 0 Å². The minimum atomic E-state index is -0.0483. The van der Waals surface area contributed by atoms with Crippen molar-refractivity contribution in [2.75, 3.05) is 26.4 Å². The first kappa shape index (κ1) is 13.5. The summed E-state index contributed by atoms with van der Waals surface area (Å²) in [5, 5.41) is 0. The van der Waals surface area contributed by atoms with Gasteiger partial charge in [-0.25, -0.2) is 0 Å². The Labute approximate surface area is 109 Å². The van der Waals surface area contributed by atoms with Gasteiger partial charge in [0.15, 0.2) is 6.29 Å². The summed E-state index contributed by atoms with van der Waals surface area (Å²) in [6, 6.07) is 10.5. The summed E-state index contributed by atoms with van der Waals surface area (Å²) < 4.78 is 16.5. The van der Waals surface area contributed by atoms with Crippen LogP contribution in [0.5, 0.6) is 0 Å². The van der Waals surface area contributed by atoms with Gasteiger partial charge in [0.1, 0.15) is 0 Å². The topological polar surface area (TPSA) is 27.7 Å². The Balaban J connectivity index is 1.46. The molecule has 0 unspecified atom stereocenters. The number of ether oxygens (including phenoxy) is 3. The predicted molar refractivity (Wildman–Crippen MR) is 70.5 cm³/mol. The fourth-order valence-corrected chi connectivity index (χ4v) is 2.01. The lowest BCUT2D eigenvalue weighted by molar-refractivity contribution is -0.186. The maximum atomic E-state index is 5.60.